The zero-order chi connectivity index (χ0) is 11.5. The summed E-state index contributed by atoms with van der Waals surface area (Å²) in [5.74, 6) is -0.940. The average molecular weight is 236 g/mol. The number of carbonyl (C=O) groups is 1. The Bertz CT molecular complexity index is 525. The highest BCUT2D eigenvalue weighted by atomic mass is 35.5. The van der Waals surface area contributed by atoms with Crippen LogP contribution in [0.15, 0.2) is 42.6 Å². The fraction of sp³-hybridized carbons (Fsp3) is 0. The molecule has 80 valence electrons. The van der Waals surface area contributed by atoms with Crippen molar-refractivity contribution in [3.05, 3.63) is 64.7 Å². The van der Waals surface area contributed by atoms with E-state index in [4.69, 9.17) is 11.6 Å². The molecule has 2 rings (SSSR count). The molecule has 0 fully saturated rings. The molecule has 2 nitrogen and oxygen atoms in total. The molecule has 0 amide bonds. The number of nitrogens with zero attached hydrogens (tertiary/aromatic N) is 1. The normalized spacial score (nSPS) is 10.1. The molecule has 4 heteroatoms. The Labute approximate surface area is 96.7 Å². The molecule has 0 N–H and O–H groups in total. The monoisotopic (exact) mass is 235 g/mol. The summed E-state index contributed by atoms with van der Waals surface area (Å²) < 4.78 is 13.3. The predicted molar refractivity (Wildman–Crippen MR) is 59.1 cm³/mol. The van der Waals surface area contributed by atoms with Gasteiger partial charge in [0.1, 0.15) is 11.0 Å². The Morgan fingerprint density at radius 3 is 2.56 bits per heavy atom. The van der Waals surface area contributed by atoms with Crippen molar-refractivity contribution in [2.24, 2.45) is 0 Å². The van der Waals surface area contributed by atoms with Crippen LogP contribution >= 0.6 is 11.6 Å². The van der Waals surface area contributed by atoms with Gasteiger partial charge in [0.15, 0.2) is 5.78 Å². The smallest absolute Gasteiger partial charge is 0.197 e. The first kappa shape index (κ1) is 10.8. The first-order chi connectivity index (χ1) is 7.68. The summed E-state index contributed by atoms with van der Waals surface area (Å²) in [6.45, 7) is 0. The molecule has 0 unspecified atom stereocenters. The Morgan fingerprint density at radius 1 is 1.19 bits per heavy atom. The van der Waals surface area contributed by atoms with E-state index >= 15 is 0 Å². The zero-order valence-electron chi connectivity index (χ0n) is 8.15. The third kappa shape index (κ3) is 2.09. The summed E-state index contributed by atoms with van der Waals surface area (Å²) in [7, 11) is 0. The van der Waals surface area contributed by atoms with Crippen LogP contribution in [0, 0.1) is 5.82 Å². The second kappa shape index (κ2) is 4.41. The van der Waals surface area contributed by atoms with Crippen molar-refractivity contribution >= 4 is 17.4 Å². The van der Waals surface area contributed by atoms with E-state index in [9.17, 15) is 9.18 Å². The molecule has 16 heavy (non-hydrogen) atoms. The van der Waals surface area contributed by atoms with Crippen LogP contribution in [0.4, 0.5) is 4.39 Å². The average Bonchev–Trinajstić information content (AvgIpc) is 2.30. The largest absolute Gasteiger partial charge is 0.288 e. The van der Waals surface area contributed by atoms with Gasteiger partial charge < -0.3 is 0 Å². The molecular weight excluding hydrogens is 229 g/mol. The first-order valence-corrected chi connectivity index (χ1v) is 4.97. The van der Waals surface area contributed by atoms with E-state index in [1.807, 2.05) is 0 Å². The van der Waals surface area contributed by atoms with Crippen molar-refractivity contribution in [3.63, 3.8) is 0 Å². The van der Waals surface area contributed by atoms with Crippen molar-refractivity contribution in [2.75, 3.05) is 0 Å². The van der Waals surface area contributed by atoms with Gasteiger partial charge in [0.25, 0.3) is 0 Å². The molecule has 0 spiro atoms. The third-order valence-corrected chi connectivity index (χ3v) is 2.33. The van der Waals surface area contributed by atoms with Crippen LogP contribution in [0.25, 0.3) is 0 Å². The second-order valence-electron chi connectivity index (χ2n) is 3.18. The van der Waals surface area contributed by atoms with Crippen LogP contribution < -0.4 is 0 Å². The summed E-state index contributed by atoms with van der Waals surface area (Å²) in [5, 5.41) is 0.296. The zero-order valence-corrected chi connectivity index (χ0v) is 8.91. The van der Waals surface area contributed by atoms with Crippen LogP contribution in [0.1, 0.15) is 15.9 Å². The van der Waals surface area contributed by atoms with E-state index in [2.05, 4.69) is 4.98 Å². The van der Waals surface area contributed by atoms with E-state index in [1.165, 1.54) is 36.5 Å². The number of benzene rings is 1. The van der Waals surface area contributed by atoms with Gasteiger partial charge in [0.2, 0.25) is 0 Å². The van der Waals surface area contributed by atoms with Crippen LogP contribution in [-0.2, 0) is 0 Å². The Morgan fingerprint density at radius 2 is 1.94 bits per heavy atom. The molecule has 2 aromatic rings. The maximum Gasteiger partial charge on any atom is 0.197 e. The molecule has 0 saturated heterocycles. The van der Waals surface area contributed by atoms with Gasteiger partial charge >= 0.3 is 0 Å². The van der Waals surface area contributed by atoms with Crippen LogP contribution in [0.5, 0.6) is 0 Å². The quantitative estimate of drug-likeness (QED) is 0.591. The highest BCUT2D eigenvalue weighted by molar-refractivity contribution is 6.29. The summed E-state index contributed by atoms with van der Waals surface area (Å²) in [4.78, 5) is 15.6. The molecular formula is C12H7ClFNO. The van der Waals surface area contributed by atoms with Gasteiger partial charge in [-0.25, -0.2) is 9.37 Å². The van der Waals surface area contributed by atoms with Crippen molar-refractivity contribution in [3.8, 4) is 0 Å². The topological polar surface area (TPSA) is 30.0 Å². The first-order valence-electron chi connectivity index (χ1n) is 4.59. The van der Waals surface area contributed by atoms with Gasteiger partial charge in [-0.3, -0.25) is 4.79 Å². The number of carbonyl (C=O) groups excluding carboxylic acids is 1. The van der Waals surface area contributed by atoms with Crippen molar-refractivity contribution < 1.29 is 9.18 Å². The van der Waals surface area contributed by atoms with Gasteiger partial charge in [-0.05, 0) is 24.3 Å². The fourth-order valence-corrected chi connectivity index (χ4v) is 1.42. The van der Waals surface area contributed by atoms with Crippen molar-refractivity contribution in [1.29, 1.82) is 0 Å². The van der Waals surface area contributed by atoms with Gasteiger partial charge in [-0.2, -0.15) is 0 Å². The van der Waals surface area contributed by atoms with E-state index < -0.39 is 11.6 Å². The van der Waals surface area contributed by atoms with Gasteiger partial charge in [0.05, 0.1) is 5.56 Å². The van der Waals surface area contributed by atoms with E-state index in [1.54, 1.807) is 6.07 Å². The molecule has 0 radical (unpaired) electrons. The van der Waals surface area contributed by atoms with Gasteiger partial charge in [0, 0.05) is 11.8 Å². The highest BCUT2D eigenvalue weighted by Gasteiger charge is 2.13. The molecule has 1 aromatic heterocycles. The number of hydrogen-bond donors (Lipinski definition) is 0. The molecule has 1 heterocycles. The highest BCUT2D eigenvalue weighted by Crippen LogP contribution is 2.13. The summed E-state index contributed by atoms with van der Waals surface area (Å²) in [6.07, 6.45) is 1.33. The summed E-state index contributed by atoms with van der Waals surface area (Å²) >= 11 is 5.60. The number of rotatable bonds is 2. The summed E-state index contributed by atoms with van der Waals surface area (Å²) in [5.41, 5.74) is 0.348. The molecule has 1 aromatic carbocycles. The number of aromatic nitrogens is 1. The number of halogens is 2. The number of ketones is 1. The Hall–Kier alpha value is -1.74. The molecule has 0 saturated carbocycles. The lowest BCUT2D eigenvalue weighted by Crippen LogP contribution is -2.04. The maximum absolute atomic E-state index is 13.3. The van der Waals surface area contributed by atoms with Gasteiger partial charge in [-0.15, -0.1) is 0 Å². The standard InChI is InChI=1S/C12H7ClFNO/c13-11-6-5-8(7-15-11)12(16)9-3-1-2-4-10(9)14/h1-7H. The van der Waals surface area contributed by atoms with E-state index in [-0.39, 0.29) is 5.56 Å². The van der Waals surface area contributed by atoms with Crippen LogP contribution in [-0.4, -0.2) is 10.8 Å². The lowest BCUT2D eigenvalue weighted by molar-refractivity contribution is 0.103. The SMILES string of the molecule is O=C(c1ccc(Cl)nc1)c1ccccc1F. The van der Waals surface area contributed by atoms with Gasteiger partial charge in [-0.1, -0.05) is 23.7 Å². The Kier molecular flexibility index (Phi) is 2.97. The lowest BCUT2D eigenvalue weighted by Gasteiger charge is -2.01. The molecule has 0 bridgehead atoms. The second-order valence-corrected chi connectivity index (χ2v) is 3.57. The molecule has 0 aliphatic carbocycles. The lowest BCUT2D eigenvalue weighted by atomic mass is 10.0. The molecule has 0 aliphatic rings. The minimum atomic E-state index is -0.539. The van der Waals surface area contributed by atoms with Crippen LogP contribution in [0.3, 0.4) is 0 Å². The fourth-order valence-electron chi connectivity index (χ4n) is 1.31. The number of pyridine rings is 1. The molecule has 0 atom stereocenters. The maximum atomic E-state index is 13.3. The minimum Gasteiger partial charge on any atom is -0.288 e. The third-order valence-electron chi connectivity index (χ3n) is 2.11. The van der Waals surface area contributed by atoms with E-state index in [0.29, 0.717) is 10.7 Å². The van der Waals surface area contributed by atoms with E-state index in [0.717, 1.165) is 0 Å². The van der Waals surface area contributed by atoms with Crippen molar-refractivity contribution in [2.45, 2.75) is 0 Å². The van der Waals surface area contributed by atoms with Crippen molar-refractivity contribution in [1.82, 2.24) is 4.98 Å². The minimum absolute atomic E-state index is 0.0339. The summed E-state index contributed by atoms with van der Waals surface area (Å²) in [6, 6.07) is 8.84. The number of hydrogen-bond acceptors (Lipinski definition) is 2. The predicted octanol–water partition coefficient (Wildman–Crippen LogP) is 3.11. The Balaban J connectivity index is 2.40. The van der Waals surface area contributed by atoms with Crippen LogP contribution in [0.2, 0.25) is 5.15 Å². The molecule has 0 aliphatic heterocycles.